The summed E-state index contributed by atoms with van der Waals surface area (Å²) in [5.74, 6) is 2.46. The molecule has 2 atom stereocenters. The van der Waals surface area contributed by atoms with Gasteiger partial charge in [0, 0.05) is 36.4 Å². The lowest BCUT2D eigenvalue weighted by Gasteiger charge is -2.26. The molecule has 2 heterocycles. The number of thiazole rings is 1. The fourth-order valence-electron chi connectivity index (χ4n) is 1.78. The van der Waals surface area contributed by atoms with Crippen LogP contribution in [0.2, 0.25) is 0 Å². The Kier molecular flexibility index (Phi) is 5.17. The lowest BCUT2D eigenvalue weighted by Crippen LogP contribution is -2.15. The molecule has 0 saturated carbocycles. The molecule has 2 rings (SSSR count). The minimum atomic E-state index is -0.337. The monoisotopic (exact) mass is 291 g/mol. The zero-order valence-corrected chi connectivity index (χ0v) is 12.7. The average molecular weight is 291 g/mol. The number of aromatic nitrogens is 1. The summed E-state index contributed by atoms with van der Waals surface area (Å²) in [5.41, 5.74) is 0.887. The van der Waals surface area contributed by atoms with Gasteiger partial charge in [0.2, 0.25) is 6.29 Å². The Balaban J connectivity index is 2.11. The molecule has 2 unspecified atom stereocenters. The molecule has 1 saturated heterocycles. The number of hydrogen-bond donors (Lipinski definition) is 0. The molecule has 0 aromatic carbocycles. The van der Waals surface area contributed by atoms with Gasteiger partial charge in [0.05, 0.1) is 5.25 Å². The van der Waals surface area contributed by atoms with Crippen LogP contribution in [-0.4, -0.2) is 36.0 Å². The first-order chi connectivity index (χ1) is 8.26. The van der Waals surface area contributed by atoms with Crippen molar-refractivity contribution < 1.29 is 9.47 Å². The molecule has 0 radical (unpaired) electrons. The van der Waals surface area contributed by atoms with E-state index < -0.39 is 0 Å². The van der Waals surface area contributed by atoms with Crippen LogP contribution >= 0.6 is 34.9 Å². The largest absolute Gasteiger partial charge is 0.350 e. The number of methoxy groups -OCH3 is 2. The molecule has 1 aromatic heterocycles. The second kappa shape index (κ2) is 6.43. The van der Waals surface area contributed by atoms with Crippen molar-refractivity contribution in [1.29, 1.82) is 0 Å². The normalized spacial score (nSPS) is 25.4. The third-order valence-corrected chi connectivity index (χ3v) is 6.83. The van der Waals surface area contributed by atoms with Crippen molar-refractivity contribution in [2.24, 2.45) is 0 Å². The van der Waals surface area contributed by atoms with Crippen molar-refractivity contribution in [2.75, 3.05) is 25.7 Å². The Morgan fingerprint density at radius 3 is 2.65 bits per heavy atom. The van der Waals surface area contributed by atoms with Gasteiger partial charge in [-0.2, -0.15) is 11.8 Å². The smallest absolute Gasteiger partial charge is 0.201 e. The molecule has 17 heavy (non-hydrogen) atoms. The van der Waals surface area contributed by atoms with Crippen LogP contribution < -0.4 is 0 Å². The van der Waals surface area contributed by atoms with Gasteiger partial charge in [-0.3, -0.25) is 0 Å². The van der Waals surface area contributed by atoms with Gasteiger partial charge in [0.15, 0.2) is 0 Å². The SMILES string of the molecule is COC(OC)c1csc(C2SCCSC2C)n1. The first-order valence-corrected chi connectivity index (χ1v) is 8.48. The number of thioether (sulfide) groups is 2. The number of nitrogens with zero attached hydrogens (tertiary/aromatic N) is 1. The minimum Gasteiger partial charge on any atom is -0.350 e. The van der Waals surface area contributed by atoms with Crippen LogP contribution in [0.25, 0.3) is 0 Å². The van der Waals surface area contributed by atoms with E-state index in [0.717, 1.165) is 5.69 Å². The highest BCUT2D eigenvalue weighted by Crippen LogP contribution is 2.43. The maximum atomic E-state index is 5.22. The zero-order chi connectivity index (χ0) is 12.3. The summed E-state index contributed by atoms with van der Waals surface area (Å²) in [6.45, 7) is 2.28. The lowest BCUT2D eigenvalue weighted by atomic mass is 10.3. The molecule has 3 nitrogen and oxygen atoms in total. The third kappa shape index (κ3) is 3.17. The van der Waals surface area contributed by atoms with Gasteiger partial charge in [-0.15, -0.1) is 23.1 Å². The van der Waals surface area contributed by atoms with E-state index >= 15 is 0 Å². The van der Waals surface area contributed by atoms with E-state index in [1.807, 2.05) is 28.9 Å². The maximum Gasteiger partial charge on any atom is 0.201 e. The Morgan fingerprint density at radius 1 is 1.29 bits per heavy atom. The number of hydrogen-bond acceptors (Lipinski definition) is 6. The highest BCUT2D eigenvalue weighted by Gasteiger charge is 2.27. The summed E-state index contributed by atoms with van der Waals surface area (Å²) in [6, 6.07) is 0. The topological polar surface area (TPSA) is 31.4 Å². The van der Waals surface area contributed by atoms with Gasteiger partial charge < -0.3 is 9.47 Å². The van der Waals surface area contributed by atoms with Crippen LogP contribution in [0, 0.1) is 0 Å². The minimum absolute atomic E-state index is 0.337. The average Bonchev–Trinajstić information content (AvgIpc) is 2.81. The molecular weight excluding hydrogens is 274 g/mol. The van der Waals surface area contributed by atoms with Gasteiger partial charge in [-0.1, -0.05) is 6.92 Å². The Bertz CT molecular complexity index is 354. The second-order valence-corrected chi connectivity index (χ2v) is 7.41. The van der Waals surface area contributed by atoms with Gasteiger partial charge in [-0.05, 0) is 0 Å². The Labute approximate surface area is 115 Å². The van der Waals surface area contributed by atoms with Crippen LogP contribution in [0.15, 0.2) is 5.38 Å². The molecule has 1 aliphatic heterocycles. The molecule has 0 N–H and O–H groups in total. The first-order valence-electron chi connectivity index (χ1n) is 5.50. The standard InChI is InChI=1S/C11H17NO2S3/c1-7-9(16-5-4-15-7)10-12-8(6-17-10)11(13-2)14-3/h6-7,9,11H,4-5H2,1-3H3. The van der Waals surface area contributed by atoms with E-state index in [4.69, 9.17) is 9.47 Å². The van der Waals surface area contributed by atoms with Crippen molar-refractivity contribution in [2.45, 2.75) is 23.7 Å². The van der Waals surface area contributed by atoms with Crippen molar-refractivity contribution in [3.8, 4) is 0 Å². The van der Waals surface area contributed by atoms with Crippen LogP contribution in [0.1, 0.15) is 29.2 Å². The van der Waals surface area contributed by atoms with E-state index in [1.165, 1.54) is 16.5 Å². The molecule has 1 aliphatic rings. The summed E-state index contributed by atoms with van der Waals surface area (Å²) in [6.07, 6.45) is -0.337. The van der Waals surface area contributed by atoms with E-state index in [0.29, 0.717) is 10.5 Å². The Hall–Kier alpha value is 0.250. The van der Waals surface area contributed by atoms with Crippen molar-refractivity contribution >= 4 is 34.9 Å². The maximum absolute atomic E-state index is 5.22. The van der Waals surface area contributed by atoms with Crippen molar-refractivity contribution in [3.05, 3.63) is 16.1 Å². The molecule has 6 heteroatoms. The fourth-order valence-corrected chi connectivity index (χ4v) is 5.78. The van der Waals surface area contributed by atoms with Gasteiger partial charge >= 0.3 is 0 Å². The zero-order valence-electron chi connectivity index (χ0n) is 10.2. The molecule has 0 amide bonds. The highest BCUT2D eigenvalue weighted by molar-refractivity contribution is 8.06. The predicted molar refractivity (Wildman–Crippen MR) is 76.0 cm³/mol. The third-order valence-electron chi connectivity index (χ3n) is 2.64. The molecule has 0 bridgehead atoms. The lowest BCUT2D eigenvalue weighted by molar-refractivity contribution is -0.108. The number of ether oxygens (including phenoxy) is 2. The van der Waals surface area contributed by atoms with E-state index in [9.17, 15) is 0 Å². The van der Waals surface area contributed by atoms with Crippen LogP contribution in [0.3, 0.4) is 0 Å². The van der Waals surface area contributed by atoms with Crippen molar-refractivity contribution in [1.82, 2.24) is 4.98 Å². The summed E-state index contributed by atoms with van der Waals surface area (Å²) < 4.78 is 10.4. The molecule has 1 aromatic rings. The first kappa shape index (κ1) is 13.7. The molecule has 96 valence electrons. The fraction of sp³-hybridized carbons (Fsp3) is 0.727. The highest BCUT2D eigenvalue weighted by atomic mass is 32.2. The van der Waals surface area contributed by atoms with E-state index in [2.05, 4.69) is 11.9 Å². The van der Waals surface area contributed by atoms with Crippen LogP contribution in [0.5, 0.6) is 0 Å². The summed E-state index contributed by atoms with van der Waals surface area (Å²) in [7, 11) is 3.28. The quantitative estimate of drug-likeness (QED) is 0.794. The molecule has 0 spiro atoms. The van der Waals surface area contributed by atoms with Gasteiger partial charge in [0.25, 0.3) is 0 Å². The molecule has 1 fully saturated rings. The molecular formula is C11H17NO2S3. The van der Waals surface area contributed by atoms with Gasteiger partial charge in [-0.25, -0.2) is 4.98 Å². The number of rotatable bonds is 4. The van der Waals surface area contributed by atoms with Crippen LogP contribution in [-0.2, 0) is 9.47 Å². The van der Waals surface area contributed by atoms with Gasteiger partial charge in [0.1, 0.15) is 10.7 Å². The second-order valence-electron chi connectivity index (χ2n) is 3.78. The van der Waals surface area contributed by atoms with Crippen molar-refractivity contribution in [3.63, 3.8) is 0 Å². The summed E-state index contributed by atoms with van der Waals surface area (Å²) in [5, 5.41) is 4.39. The van der Waals surface area contributed by atoms with E-state index in [-0.39, 0.29) is 6.29 Å². The summed E-state index contributed by atoms with van der Waals surface area (Å²) >= 11 is 5.76. The summed E-state index contributed by atoms with van der Waals surface area (Å²) in [4.78, 5) is 4.66. The Morgan fingerprint density at radius 2 is 2.00 bits per heavy atom. The van der Waals surface area contributed by atoms with Crippen LogP contribution in [0.4, 0.5) is 0 Å². The van der Waals surface area contributed by atoms with E-state index in [1.54, 1.807) is 25.6 Å². The molecule has 0 aliphatic carbocycles. The predicted octanol–water partition coefficient (Wildman–Crippen LogP) is 3.34.